The van der Waals surface area contributed by atoms with E-state index in [0.29, 0.717) is 43.1 Å². The van der Waals surface area contributed by atoms with Crippen LogP contribution in [0, 0.1) is 13.8 Å². The first kappa shape index (κ1) is 22.5. The van der Waals surface area contributed by atoms with Gasteiger partial charge < -0.3 is 14.4 Å². The summed E-state index contributed by atoms with van der Waals surface area (Å²) < 4.78 is 7.03. The molecule has 31 heavy (non-hydrogen) atoms. The molecule has 164 valence electrons. The fraction of sp³-hybridized carbons (Fsp3) is 0.417. The Bertz CT molecular complexity index is 1080. The number of rotatable bonds is 9. The Morgan fingerprint density at radius 1 is 1.16 bits per heavy atom. The lowest BCUT2D eigenvalue weighted by Crippen LogP contribution is -2.26. The Balaban J connectivity index is 1.55. The molecule has 3 rings (SSSR count). The molecule has 7 heteroatoms. The van der Waals surface area contributed by atoms with Crippen LogP contribution in [0.25, 0.3) is 11.4 Å². The Hall–Kier alpha value is -3.22. The Morgan fingerprint density at radius 3 is 2.61 bits per heavy atom. The number of nitrogens with zero attached hydrogens (tertiary/aromatic N) is 3. The van der Waals surface area contributed by atoms with Crippen molar-refractivity contribution in [3.63, 3.8) is 0 Å². The Morgan fingerprint density at radius 2 is 1.90 bits per heavy atom. The minimum atomic E-state index is -0.112. The van der Waals surface area contributed by atoms with E-state index < -0.39 is 0 Å². The van der Waals surface area contributed by atoms with Crippen molar-refractivity contribution in [2.75, 3.05) is 0 Å². The minimum Gasteiger partial charge on any atom is -0.350 e. The van der Waals surface area contributed by atoms with Crippen molar-refractivity contribution in [2.45, 2.75) is 66.0 Å². The van der Waals surface area contributed by atoms with E-state index in [4.69, 9.17) is 4.52 Å². The Kier molecular flexibility index (Phi) is 7.39. The number of aryl methyl sites for hydroxylation is 3. The smallest absolute Gasteiger partial charge is 0.261 e. The molecule has 1 atom stereocenters. The summed E-state index contributed by atoms with van der Waals surface area (Å²) in [6.07, 6.45) is 2.30. The van der Waals surface area contributed by atoms with Gasteiger partial charge in [0.05, 0.1) is 11.6 Å². The SMILES string of the molecule is CCCn1c(C)ccc(-c2noc(CCCC(=O)NC(C)c3ccc(C)cc3)n2)c1=O. The third-order valence-electron chi connectivity index (χ3n) is 5.30. The fourth-order valence-corrected chi connectivity index (χ4v) is 3.46. The molecule has 0 radical (unpaired) electrons. The van der Waals surface area contributed by atoms with Crippen molar-refractivity contribution in [1.29, 1.82) is 0 Å². The van der Waals surface area contributed by atoms with Crippen LogP contribution < -0.4 is 10.9 Å². The second kappa shape index (κ2) is 10.2. The largest absolute Gasteiger partial charge is 0.350 e. The number of benzene rings is 1. The number of pyridine rings is 1. The number of hydrogen-bond donors (Lipinski definition) is 1. The molecule has 0 spiro atoms. The van der Waals surface area contributed by atoms with Crippen LogP contribution in [-0.2, 0) is 17.8 Å². The number of amides is 1. The quantitative estimate of drug-likeness (QED) is 0.560. The second-order valence-electron chi connectivity index (χ2n) is 7.91. The van der Waals surface area contributed by atoms with Crippen LogP contribution in [0.15, 0.2) is 45.7 Å². The van der Waals surface area contributed by atoms with Crippen LogP contribution >= 0.6 is 0 Å². The van der Waals surface area contributed by atoms with Gasteiger partial charge in [-0.25, -0.2) is 0 Å². The van der Waals surface area contributed by atoms with E-state index in [1.165, 1.54) is 5.56 Å². The summed E-state index contributed by atoms with van der Waals surface area (Å²) in [6.45, 7) is 8.60. The van der Waals surface area contributed by atoms with E-state index in [0.717, 1.165) is 17.7 Å². The summed E-state index contributed by atoms with van der Waals surface area (Å²) in [4.78, 5) is 29.3. The summed E-state index contributed by atoms with van der Waals surface area (Å²) in [5, 5.41) is 6.99. The van der Waals surface area contributed by atoms with Gasteiger partial charge in [-0.15, -0.1) is 0 Å². The molecule has 1 N–H and O–H groups in total. The average Bonchev–Trinajstić information content (AvgIpc) is 3.20. The first-order valence-corrected chi connectivity index (χ1v) is 10.8. The number of aromatic nitrogens is 3. The van der Waals surface area contributed by atoms with Gasteiger partial charge >= 0.3 is 0 Å². The molecule has 2 heterocycles. The van der Waals surface area contributed by atoms with E-state index >= 15 is 0 Å². The highest BCUT2D eigenvalue weighted by Crippen LogP contribution is 2.15. The first-order chi connectivity index (χ1) is 14.9. The molecule has 1 amide bonds. The van der Waals surface area contributed by atoms with Crippen LogP contribution in [0.5, 0.6) is 0 Å². The lowest BCUT2D eigenvalue weighted by atomic mass is 10.1. The molecule has 0 aliphatic rings. The van der Waals surface area contributed by atoms with Gasteiger partial charge in [-0.2, -0.15) is 4.98 Å². The summed E-state index contributed by atoms with van der Waals surface area (Å²) in [7, 11) is 0. The minimum absolute atomic E-state index is 0.0196. The Labute approximate surface area is 182 Å². The molecule has 3 aromatic rings. The summed E-state index contributed by atoms with van der Waals surface area (Å²) in [5.41, 5.74) is 3.49. The maximum atomic E-state index is 12.7. The number of carbonyl (C=O) groups is 1. The van der Waals surface area contributed by atoms with E-state index in [-0.39, 0.29) is 17.5 Å². The van der Waals surface area contributed by atoms with Gasteiger partial charge in [-0.05, 0) is 51.3 Å². The molecule has 7 nitrogen and oxygen atoms in total. The van der Waals surface area contributed by atoms with E-state index in [1.54, 1.807) is 10.6 Å². The summed E-state index contributed by atoms with van der Waals surface area (Å²) in [6, 6.07) is 11.7. The van der Waals surface area contributed by atoms with E-state index in [1.807, 2.05) is 58.0 Å². The predicted molar refractivity (Wildman–Crippen MR) is 120 cm³/mol. The predicted octanol–water partition coefficient (Wildman–Crippen LogP) is 4.13. The standard InChI is InChI=1S/C24H30N4O3/c1-5-15-28-17(3)11-14-20(24(28)30)23-26-22(31-27-23)8-6-7-21(29)25-18(4)19-12-9-16(2)10-13-19/h9-14,18H,5-8,15H2,1-4H3,(H,25,29). The maximum absolute atomic E-state index is 12.7. The van der Waals surface area contributed by atoms with E-state index in [9.17, 15) is 9.59 Å². The van der Waals surface area contributed by atoms with E-state index in [2.05, 4.69) is 15.5 Å². The molecule has 1 unspecified atom stereocenters. The van der Waals surface area contributed by atoms with Gasteiger partial charge in [0.25, 0.3) is 5.56 Å². The number of nitrogens with one attached hydrogen (secondary N) is 1. The van der Waals surface area contributed by atoms with Crippen molar-refractivity contribution in [3.05, 3.63) is 69.5 Å². The van der Waals surface area contributed by atoms with Crippen LogP contribution in [0.2, 0.25) is 0 Å². The maximum Gasteiger partial charge on any atom is 0.261 e. The lowest BCUT2D eigenvalue weighted by molar-refractivity contribution is -0.121. The van der Waals surface area contributed by atoms with Crippen molar-refractivity contribution < 1.29 is 9.32 Å². The van der Waals surface area contributed by atoms with Crippen molar-refractivity contribution in [1.82, 2.24) is 20.0 Å². The second-order valence-corrected chi connectivity index (χ2v) is 7.91. The first-order valence-electron chi connectivity index (χ1n) is 10.8. The zero-order chi connectivity index (χ0) is 22.4. The number of hydrogen-bond acceptors (Lipinski definition) is 5. The lowest BCUT2D eigenvalue weighted by Gasteiger charge is -2.14. The van der Waals surface area contributed by atoms with Gasteiger partial charge in [0, 0.05) is 25.1 Å². The zero-order valence-electron chi connectivity index (χ0n) is 18.6. The molecule has 0 bridgehead atoms. The van der Waals surface area contributed by atoms with Gasteiger partial charge in [-0.1, -0.05) is 41.9 Å². The monoisotopic (exact) mass is 422 g/mol. The number of carbonyl (C=O) groups excluding carboxylic acids is 1. The van der Waals surface area contributed by atoms with Crippen LogP contribution in [-0.4, -0.2) is 20.6 Å². The molecule has 0 aliphatic carbocycles. The summed E-state index contributed by atoms with van der Waals surface area (Å²) in [5.74, 6) is 0.701. The molecular weight excluding hydrogens is 392 g/mol. The molecule has 0 saturated carbocycles. The third kappa shape index (κ3) is 5.69. The molecule has 0 saturated heterocycles. The highest BCUT2D eigenvalue weighted by Gasteiger charge is 2.15. The molecule has 0 fully saturated rings. The van der Waals surface area contributed by atoms with Crippen molar-refractivity contribution in [2.24, 2.45) is 0 Å². The van der Waals surface area contributed by atoms with Crippen LogP contribution in [0.4, 0.5) is 0 Å². The van der Waals surface area contributed by atoms with Crippen LogP contribution in [0.3, 0.4) is 0 Å². The van der Waals surface area contributed by atoms with Crippen molar-refractivity contribution >= 4 is 5.91 Å². The van der Waals surface area contributed by atoms with Crippen molar-refractivity contribution in [3.8, 4) is 11.4 Å². The van der Waals surface area contributed by atoms with Gasteiger partial charge in [-0.3, -0.25) is 9.59 Å². The van der Waals surface area contributed by atoms with Crippen LogP contribution in [0.1, 0.15) is 61.9 Å². The topological polar surface area (TPSA) is 90.0 Å². The third-order valence-corrected chi connectivity index (χ3v) is 5.30. The molecule has 2 aromatic heterocycles. The fourth-order valence-electron chi connectivity index (χ4n) is 3.46. The normalized spacial score (nSPS) is 12.0. The molecule has 1 aromatic carbocycles. The van der Waals surface area contributed by atoms with Gasteiger partial charge in [0.15, 0.2) is 0 Å². The molecular formula is C24H30N4O3. The van der Waals surface area contributed by atoms with Gasteiger partial charge in [0.2, 0.25) is 17.6 Å². The average molecular weight is 423 g/mol. The summed E-state index contributed by atoms with van der Waals surface area (Å²) >= 11 is 0. The highest BCUT2D eigenvalue weighted by molar-refractivity contribution is 5.76. The van der Waals surface area contributed by atoms with Gasteiger partial charge in [0.1, 0.15) is 0 Å². The molecule has 0 aliphatic heterocycles. The highest BCUT2D eigenvalue weighted by atomic mass is 16.5. The zero-order valence-corrected chi connectivity index (χ0v) is 18.6.